The Bertz CT molecular complexity index is 706. The number of hydrogen-bond donors (Lipinski definition) is 1. The number of aliphatic hydroxyl groups is 1. The zero-order valence-corrected chi connectivity index (χ0v) is 12.0. The molecule has 0 heterocycles. The topological polar surface area (TPSA) is 87.2 Å². The van der Waals surface area contributed by atoms with Gasteiger partial charge in [-0.15, -0.1) is 0 Å². The monoisotopic (exact) mass is 300 g/mol. The summed E-state index contributed by atoms with van der Waals surface area (Å²) in [4.78, 5) is 11.7. The quantitative estimate of drug-likeness (QED) is 0.687. The number of nitriles is 1. The molecular weight excluding hydrogens is 288 g/mol. The molecule has 0 bridgehead atoms. The van der Waals surface area contributed by atoms with Gasteiger partial charge in [-0.3, -0.25) is 10.1 Å². The number of benzene rings is 2. The minimum atomic E-state index is -0.654. The lowest BCUT2D eigenvalue weighted by Crippen LogP contribution is -1.95. The van der Waals surface area contributed by atoms with Crippen LogP contribution in [0.2, 0.25) is 0 Å². The van der Waals surface area contributed by atoms with E-state index in [1.165, 1.54) is 23.9 Å². The van der Waals surface area contributed by atoms with Crippen molar-refractivity contribution in [3.63, 3.8) is 0 Å². The smallest absolute Gasteiger partial charge is 0.269 e. The second-order valence-corrected chi connectivity index (χ2v) is 5.51. The molecule has 2 aromatic carbocycles. The average Bonchev–Trinajstić information content (AvgIpc) is 2.47. The molecule has 1 atom stereocenters. The molecule has 0 amide bonds. The second-order valence-electron chi connectivity index (χ2n) is 4.39. The van der Waals surface area contributed by atoms with E-state index in [0.29, 0.717) is 5.56 Å². The molecule has 0 saturated carbocycles. The van der Waals surface area contributed by atoms with Crippen molar-refractivity contribution in [3.8, 4) is 6.07 Å². The molecule has 2 rings (SSSR count). The van der Waals surface area contributed by atoms with E-state index in [1.54, 1.807) is 37.3 Å². The standard InChI is InChI=1S/C15H12N2O3S/c1-10(18)14-7-2-11(9-16)8-15(14)21-13-5-3-12(4-6-13)17(19)20/h2-8,10,18H,1H3/t10-/m0/s1. The zero-order valence-electron chi connectivity index (χ0n) is 11.2. The summed E-state index contributed by atoms with van der Waals surface area (Å²) in [5, 5.41) is 29.4. The van der Waals surface area contributed by atoms with E-state index in [2.05, 4.69) is 6.07 Å². The fourth-order valence-electron chi connectivity index (χ4n) is 1.80. The van der Waals surface area contributed by atoms with Gasteiger partial charge in [-0.1, -0.05) is 17.8 Å². The molecule has 6 heteroatoms. The lowest BCUT2D eigenvalue weighted by Gasteiger charge is -2.12. The zero-order chi connectivity index (χ0) is 15.4. The summed E-state index contributed by atoms with van der Waals surface area (Å²) < 4.78 is 0. The lowest BCUT2D eigenvalue weighted by atomic mass is 10.1. The number of nitro benzene ring substituents is 1. The average molecular weight is 300 g/mol. The normalized spacial score (nSPS) is 11.7. The van der Waals surface area contributed by atoms with Gasteiger partial charge < -0.3 is 5.11 Å². The van der Waals surface area contributed by atoms with Gasteiger partial charge in [-0.25, -0.2) is 0 Å². The lowest BCUT2D eigenvalue weighted by molar-refractivity contribution is -0.384. The number of hydrogen-bond acceptors (Lipinski definition) is 5. The highest BCUT2D eigenvalue weighted by molar-refractivity contribution is 7.99. The third kappa shape index (κ3) is 3.60. The summed E-state index contributed by atoms with van der Waals surface area (Å²) in [6, 6.07) is 13.3. The van der Waals surface area contributed by atoms with E-state index in [9.17, 15) is 15.2 Å². The summed E-state index contributed by atoms with van der Waals surface area (Å²) >= 11 is 1.36. The van der Waals surface area contributed by atoms with Crippen molar-refractivity contribution < 1.29 is 10.0 Å². The Kier molecular flexibility index (Phi) is 4.58. The molecule has 0 aliphatic rings. The Morgan fingerprint density at radius 1 is 1.29 bits per heavy atom. The summed E-state index contributed by atoms with van der Waals surface area (Å²) in [6.45, 7) is 1.65. The molecule has 21 heavy (non-hydrogen) atoms. The van der Waals surface area contributed by atoms with Crippen molar-refractivity contribution in [2.45, 2.75) is 22.8 Å². The van der Waals surface area contributed by atoms with Crippen LogP contribution < -0.4 is 0 Å². The number of rotatable bonds is 4. The SMILES string of the molecule is C[C@H](O)c1ccc(C#N)cc1Sc1ccc([N+](=O)[O-])cc1. The molecule has 106 valence electrons. The number of nitro groups is 1. The second kappa shape index (κ2) is 6.39. The maximum absolute atomic E-state index is 10.6. The molecule has 0 fully saturated rings. The first-order chi connectivity index (χ1) is 10.0. The van der Waals surface area contributed by atoms with Gasteiger partial charge in [0.25, 0.3) is 5.69 Å². The molecule has 0 radical (unpaired) electrons. The summed E-state index contributed by atoms with van der Waals surface area (Å²) in [5.41, 5.74) is 1.25. The molecule has 0 spiro atoms. The van der Waals surface area contributed by atoms with Crippen molar-refractivity contribution in [2.24, 2.45) is 0 Å². The fourth-order valence-corrected chi connectivity index (χ4v) is 2.87. The highest BCUT2D eigenvalue weighted by Gasteiger charge is 2.11. The van der Waals surface area contributed by atoms with Crippen molar-refractivity contribution in [1.29, 1.82) is 5.26 Å². The van der Waals surface area contributed by atoms with Gasteiger partial charge in [0.15, 0.2) is 0 Å². The van der Waals surface area contributed by atoms with Crippen LogP contribution in [0, 0.1) is 21.4 Å². The Morgan fingerprint density at radius 3 is 2.48 bits per heavy atom. The highest BCUT2D eigenvalue weighted by Crippen LogP contribution is 2.34. The van der Waals surface area contributed by atoms with Crippen LogP contribution in [0.25, 0.3) is 0 Å². The van der Waals surface area contributed by atoms with Gasteiger partial charge in [-0.2, -0.15) is 5.26 Å². The van der Waals surface area contributed by atoms with Crippen molar-refractivity contribution in [1.82, 2.24) is 0 Å². The minimum absolute atomic E-state index is 0.0286. The van der Waals surface area contributed by atoms with Crippen molar-refractivity contribution in [3.05, 3.63) is 63.7 Å². The van der Waals surface area contributed by atoms with Gasteiger partial charge >= 0.3 is 0 Å². The van der Waals surface area contributed by atoms with Gasteiger partial charge in [-0.05, 0) is 36.8 Å². The molecule has 2 aromatic rings. The van der Waals surface area contributed by atoms with Crippen LogP contribution in [0.1, 0.15) is 24.2 Å². The predicted molar refractivity (Wildman–Crippen MR) is 79.0 cm³/mol. The molecule has 1 N–H and O–H groups in total. The third-order valence-electron chi connectivity index (χ3n) is 2.87. The van der Waals surface area contributed by atoms with Crippen LogP contribution in [0.15, 0.2) is 52.3 Å². The van der Waals surface area contributed by atoms with Crippen LogP contribution in [0.3, 0.4) is 0 Å². The van der Waals surface area contributed by atoms with Crippen LogP contribution in [-0.2, 0) is 0 Å². The molecule has 0 aromatic heterocycles. The first-order valence-electron chi connectivity index (χ1n) is 6.15. The maximum Gasteiger partial charge on any atom is 0.269 e. The highest BCUT2D eigenvalue weighted by atomic mass is 32.2. The van der Waals surface area contributed by atoms with Gasteiger partial charge in [0.1, 0.15) is 0 Å². The summed E-state index contributed by atoms with van der Waals surface area (Å²) in [5.74, 6) is 0. The molecular formula is C15H12N2O3S. The number of non-ortho nitro benzene ring substituents is 1. The Balaban J connectivity index is 2.33. The molecule has 5 nitrogen and oxygen atoms in total. The van der Waals surface area contributed by atoms with Crippen molar-refractivity contribution >= 4 is 17.4 Å². The number of aliphatic hydroxyl groups excluding tert-OH is 1. The largest absolute Gasteiger partial charge is 0.389 e. The number of nitrogens with zero attached hydrogens (tertiary/aromatic N) is 2. The molecule has 0 unspecified atom stereocenters. The summed E-state index contributed by atoms with van der Waals surface area (Å²) in [7, 11) is 0. The van der Waals surface area contributed by atoms with Gasteiger partial charge in [0.2, 0.25) is 0 Å². The Morgan fingerprint density at radius 2 is 1.95 bits per heavy atom. The van der Waals surface area contributed by atoms with Crippen molar-refractivity contribution in [2.75, 3.05) is 0 Å². The predicted octanol–water partition coefficient (Wildman–Crippen LogP) is 3.67. The Labute approximate surface area is 126 Å². The van der Waals surface area contributed by atoms with E-state index in [0.717, 1.165) is 15.4 Å². The summed E-state index contributed by atoms with van der Waals surface area (Å²) in [6.07, 6.45) is -0.654. The van der Waals surface area contributed by atoms with E-state index >= 15 is 0 Å². The molecule has 0 aliphatic carbocycles. The first-order valence-corrected chi connectivity index (χ1v) is 6.97. The van der Waals surface area contributed by atoms with Gasteiger partial charge in [0.05, 0.1) is 22.7 Å². The van der Waals surface area contributed by atoms with Gasteiger partial charge in [0, 0.05) is 21.9 Å². The van der Waals surface area contributed by atoms with Crippen LogP contribution in [0.5, 0.6) is 0 Å². The molecule has 0 saturated heterocycles. The van der Waals surface area contributed by atoms with Crippen LogP contribution in [-0.4, -0.2) is 10.0 Å². The van der Waals surface area contributed by atoms with E-state index < -0.39 is 11.0 Å². The Hall–Kier alpha value is -2.36. The van der Waals surface area contributed by atoms with Crippen LogP contribution >= 0.6 is 11.8 Å². The third-order valence-corrected chi connectivity index (χ3v) is 3.95. The molecule has 0 aliphatic heterocycles. The van der Waals surface area contributed by atoms with E-state index in [4.69, 9.17) is 5.26 Å². The minimum Gasteiger partial charge on any atom is -0.389 e. The first kappa shape index (κ1) is 15.0. The van der Waals surface area contributed by atoms with E-state index in [1.807, 2.05) is 0 Å². The van der Waals surface area contributed by atoms with E-state index in [-0.39, 0.29) is 5.69 Å². The fraction of sp³-hybridized carbons (Fsp3) is 0.133. The van der Waals surface area contributed by atoms with Crippen LogP contribution in [0.4, 0.5) is 5.69 Å². The maximum atomic E-state index is 10.6.